The highest BCUT2D eigenvalue weighted by Gasteiger charge is 2.39. The topological polar surface area (TPSA) is 54.8 Å². The van der Waals surface area contributed by atoms with Crippen LogP contribution in [0.5, 0.6) is 0 Å². The summed E-state index contributed by atoms with van der Waals surface area (Å²) in [5, 5.41) is 8.17. The number of fused-ring (bicyclic) bond motifs is 9. The molecule has 5 nitrogen and oxygen atoms in total. The van der Waals surface area contributed by atoms with E-state index in [1.165, 1.54) is 44.1 Å². The van der Waals surface area contributed by atoms with Crippen molar-refractivity contribution in [2.75, 3.05) is 0 Å². The van der Waals surface area contributed by atoms with E-state index in [-0.39, 0.29) is 11.6 Å². The van der Waals surface area contributed by atoms with Crippen LogP contribution in [0.3, 0.4) is 0 Å². The summed E-state index contributed by atoms with van der Waals surface area (Å²) in [7, 11) is 0. The SMILES string of the molecule is CC1(C)C2=CCCC=C2c2cc3c4ccccc4n(-c4ccc5c(c4)oc4cccc(C6=NC(c7ccccc7)NC(c7ccccc7)=N6)c45)c3cc21. The second kappa shape index (κ2) is 11.3. The van der Waals surface area contributed by atoms with E-state index < -0.39 is 0 Å². The average Bonchev–Trinajstić information content (AvgIpc) is 3.82. The average molecular weight is 685 g/mol. The van der Waals surface area contributed by atoms with Crippen molar-refractivity contribution in [3.8, 4) is 5.69 Å². The number of furan rings is 1. The Kier molecular flexibility index (Phi) is 6.42. The Balaban J connectivity index is 1.09. The summed E-state index contributed by atoms with van der Waals surface area (Å²) in [6.45, 7) is 4.75. The molecule has 1 N–H and O–H groups in total. The lowest BCUT2D eigenvalue weighted by Crippen LogP contribution is -2.33. The number of nitrogens with zero attached hydrogens (tertiary/aromatic N) is 3. The zero-order valence-electron chi connectivity index (χ0n) is 29.6. The summed E-state index contributed by atoms with van der Waals surface area (Å²) in [4.78, 5) is 10.3. The van der Waals surface area contributed by atoms with Crippen LogP contribution in [0.15, 0.2) is 166 Å². The summed E-state index contributed by atoms with van der Waals surface area (Å²) in [5.74, 6) is 1.47. The van der Waals surface area contributed by atoms with E-state index in [1.807, 2.05) is 36.4 Å². The molecule has 6 aromatic carbocycles. The van der Waals surface area contributed by atoms with Crippen LogP contribution in [0.25, 0.3) is 55.0 Å². The maximum Gasteiger partial charge on any atom is 0.160 e. The Bertz CT molecular complexity index is 2940. The molecule has 2 aliphatic carbocycles. The highest BCUT2D eigenvalue weighted by Crippen LogP contribution is 2.53. The third kappa shape index (κ3) is 4.50. The molecule has 254 valence electrons. The number of allylic oxidation sites excluding steroid dienone is 4. The molecule has 3 aliphatic rings. The van der Waals surface area contributed by atoms with Crippen molar-refractivity contribution in [3.05, 3.63) is 179 Å². The van der Waals surface area contributed by atoms with Crippen LogP contribution in [0.4, 0.5) is 0 Å². The highest BCUT2D eigenvalue weighted by molar-refractivity contribution is 6.22. The number of hydrogen-bond donors (Lipinski definition) is 1. The molecule has 0 saturated carbocycles. The van der Waals surface area contributed by atoms with E-state index in [4.69, 9.17) is 14.4 Å². The van der Waals surface area contributed by atoms with Crippen molar-refractivity contribution in [2.45, 2.75) is 38.3 Å². The first kappa shape index (κ1) is 30.2. The van der Waals surface area contributed by atoms with Crippen LogP contribution in [-0.4, -0.2) is 16.2 Å². The van der Waals surface area contributed by atoms with Crippen molar-refractivity contribution in [2.24, 2.45) is 9.98 Å². The first-order chi connectivity index (χ1) is 26.0. The van der Waals surface area contributed by atoms with E-state index >= 15 is 0 Å². The molecule has 0 spiro atoms. The molecule has 0 amide bonds. The van der Waals surface area contributed by atoms with Crippen LogP contribution in [0.1, 0.15) is 60.7 Å². The predicted molar refractivity (Wildman–Crippen MR) is 218 cm³/mol. The predicted octanol–water partition coefficient (Wildman–Crippen LogP) is 11.6. The van der Waals surface area contributed by atoms with Gasteiger partial charge >= 0.3 is 0 Å². The largest absolute Gasteiger partial charge is 0.456 e. The molecular formula is C48H36N4O. The van der Waals surface area contributed by atoms with E-state index in [0.29, 0.717) is 5.84 Å². The highest BCUT2D eigenvalue weighted by atomic mass is 16.3. The minimum atomic E-state index is -0.280. The molecule has 5 heteroatoms. The summed E-state index contributed by atoms with van der Waals surface area (Å²) < 4.78 is 9.11. The van der Waals surface area contributed by atoms with Gasteiger partial charge in [-0.1, -0.05) is 117 Å². The number of aliphatic imine (C=N–C) groups is 2. The quantitative estimate of drug-likeness (QED) is 0.201. The fourth-order valence-corrected chi connectivity index (χ4v) is 8.96. The molecule has 0 radical (unpaired) electrons. The first-order valence-electron chi connectivity index (χ1n) is 18.5. The number of benzene rings is 6. The van der Waals surface area contributed by atoms with Crippen molar-refractivity contribution in [1.82, 2.24) is 9.88 Å². The second-order valence-electron chi connectivity index (χ2n) is 14.9. The van der Waals surface area contributed by atoms with Crippen LogP contribution in [0, 0.1) is 0 Å². The molecule has 0 fully saturated rings. The second-order valence-corrected chi connectivity index (χ2v) is 14.9. The maximum atomic E-state index is 6.69. The van der Waals surface area contributed by atoms with E-state index in [0.717, 1.165) is 63.0 Å². The molecule has 1 aliphatic heterocycles. The van der Waals surface area contributed by atoms with Gasteiger partial charge in [-0.25, -0.2) is 9.98 Å². The fraction of sp³-hybridized carbons (Fsp3) is 0.125. The fourth-order valence-electron chi connectivity index (χ4n) is 8.96. The van der Waals surface area contributed by atoms with Gasteiger partial charge in [-0.05, 0) is 77.1 Å². The minimum absolute atomic E-state index is 0.0457. The first-order valence-corrected chi connectivity index (χ1v) is 18.5. The Labute approximate surface area is 307 Å². The zero-order valence-corrected chi connectivity index (χ0v) is 29.6. The van der Waals surface area contributed by atoms with Gasteiger partial charge < -0.3 is 14.3 Å². The Morgan fingerprint density at radius 1 is 0.679 bits per heavy atom. The van der Waals surface area contributed by atoms with Gasteiger partial charge in [0, 0.05) is 49.8 Å². The van der Waals surface area contributed by atoms with Crippen LogP contribution in [0.2, 0.25) is 0 Å². The van der Waals surface area contributed by atoms with E-state index in [2.05, 4.69) is 133 Å². The molecule has 1 unspecified atom stereocenters. The standard InChI is InChI=1S/C48H36N4O/c1-48(2)38-21-11-9-18-32(38)36-27-37-33-19-10-12-22-40(33)52(41(37)28-39(36)48)31-24-25-34-43(26-31)53-42-23-13-20-35(44(34)42)47-50-45(29-14-5-3-6-15-29)49-46(51-47)30-16-7-4-8-17-30/h3-8,10,12-28,45H,9,11H2,1-2H3,(H,49,50,51). The molecule has 11 rings (SSSR count). The summed E-state index contributed by atoms with van der Waals surface area (Å²) in [6, 6.07) is 47.1. The number of rotatable bonds is 4. The monoisotopic (exact) mass is 684 g/mol. The van der Waals surface area contributed by atoms with Gasteiger partial charge in [0.05, 0.1) is 11.0 Å². The zero-order chi connectivity index (χ0) is 35.3. The Morgan fingerprint density at radius 3 is 2.34 bits per heavy atom. The maximum absolute atomic E-state index is 6.69. The summed E-state index contributed by atoms with van der Waals surface area (Å²) in [5.41, 5.74) is 13.8. The van der Waals surface area contributed by atoms with Crippen molar-refractivity contribution < 1.29 is 4.42 Å². The summed E-state index contributed by atoms with van der Waals surface area (Å²) in [6.07, 6.45) is 6.84. The number of nitrogens with one attached hydrogen (secondary N) is 1. The van der Waals surface area contributed by atoms with Gasteiger partial charge in [-0.2, -0.15) is 0 Å². The lowest BCUT2D eigenvalue weighted by atomic mass is 9.80. The molecule has 1 atom stereocenters. The molecule has 8 aromatic rings. The van der Waals surface area contributed by atoms with E-state index in [1.54, 1.807) is 0 Å². The molecule has 2 aromatic heterocycles. The lowest BCUT2D eigenvalue weighted by Gasteiger charge is -2.23. The summed E-state index contributed by atoms with van der Waals surface area (Å²) >= 11 is 0. The smallest absolute Gasteiger partial charge is 0.160 e. The van der Waals surface area contributed by atoms with Gasteiger partial charge in [0.15, 0.2) is 5.84 Å². The molecular weight excluding hydrogens is 649 g/mol. The minimum Gasteiger partial charge on any atom is -0.456 e. The normalized spacial score (nSPS) is 17.7. The van der Waals surface area contributed by atoms with Crippen LogP contribution < -0.4 is 5.32 Å². The van der Waals surface area contributed by atoms with Crippen LogP contribution >= 0.6 is 0 Å². The van der Waals surface area contributed by atoms with Gasteiger partial charge in [0.25, 0.3) is 0 Å². The third-order valence-corrected chi connectivity index (χ3v) is 11.5. The molecule has 53 heavy (non-hydrogen) atoms. The Morgan fingerprint density at radius 2 is 1.47 bits per heavy atom. The van der Waals surface area contributed by atoms with E-state index in [9.17, 15) is 0 Å². The molecule has 0 saturated heterocycles. The number of hydrogen-bond acceptors (Lipinski definition) is 4. The number of amidine groups is 2. The van der Waals surface area contributed by atoms with Gasteiger partial charge in [-0.15, -0.1) is 0 Å². The van der Waals surface area contributed by atoms with Crippen molar-refractivity contribution in [1.29, 1.82) is 0 Å². The van der Waals surface area contributed by atoms with Crippen molar-refractivity contribution in [3.63, 3.8) is 0 Å². The molecule has 0 bridgehead atoms. The van der Waals surface area contributed by atoms with Crippen molar-refractivity contribution >= 4 is 61.0 Å². The number of para-hydroxylation sites is 1. The molecule has 3 heterocycles. The van der Waals surface area contributed by atoms with Crippen LogP contribution in [-0.2, 0) is 5.41 Å². The van der Waals surface area contributed by atoms with Gasteiger partial charge in [-0.3, -0.25) is 0 Å². The third-order valence-electron chi connectivity index (χ3n) is 11.5. The Hall–Kier alpha value is -6.46. The van der Waals surface area contributed by atoms with Gasteiger partial charge in [0.1, 0.15) is 23.2 Å². The number of aromatic nitrogens is 1. The lowest BCUT2D eigenvalue weighted by molar-refractivity contribution is 0.655. The van der Waals surface area contributed by atoms with Gasteiger partial charge in [0.2, 0.25) is 0 Å².